The van der Waals surface area contributed by atoms with E-state index in [4.69, 9.17) is 0 Å². The van der Waals surface area contributed by atoms with E-state index >= 15 is 0 Å². The monoisotopic (exact) mass is 293 g/mol. The maximum absolute atomic E-state index is 12.3. The molecule has 1 aromatic rings. The quantitative estimate of drug-likeness (QED) is 0.711. The Balaban J connectivity index is 1.73. The SMILES string of the molecule is O=C(Cn1cnnc1)N1CC[C@@H](O)[C@@]2(CCCNC2=O)C1. The van der Waals surface area contributed by atoms with Gasteiger partial charge in [0.15, 0.2) is 0 Å². The van der Waals surface area contributed by atoms with Gasteiger partial charge in [-0.2, -0.15) is 0 Å². The van der Waals surface area contributed by atoms with Crippen LogP contribution in [0.5, 0.6) is 0 Å². The number of rotatable bonds is 2. The van der Waals surface area contributed by atoms with Crippen LogP contribution < -0.4 is 5.32 Å². The fourth-order valence-electron chi connectivity index (χ4n) is 3.22. The molecule has 8 heteroatoms. The average molecular weight is 293 g/mol. The Hall–Kier alpha value is -1.96. The first kappa shape index (κ1) is 14.0. The molecule has 0 saturated carbocycles. The summed E-state index contributed by atoms with van der Waals surface area (Å²) in [5.41, 5.74) is -0.848. The van der Waals surface area contributed by atoms with Gasteiger partial charge in [-0.25, -0.2) is 0 Å². The van der Waals surface area contributed by atoms with Crippen LogP contribution >= 0.6 is 0 Å². The summed E-state index contributed by atoms with van der Waals surface area (Å²) in [6.07, 6.45) is 4.17. The number of amides is 2. The van der Waals surface area contributed by atoms with Crippen molar-refractivity contribution in [2.75, 3.05) is 19.6 Å². The molecule has 0 bridgehead atoms. The van der Waals surface area contributed by atoms with Gasteiger partial charge in [-0.1, -0.05) is 0 Å². The zero-order valence-electron chi connectivity index (χ0n) is 11.7. The van der Waals surface area contributed by atoms with Crippen molar-refractivity contribution in [2.24, 2.45) is 5.41 Å². The summed E-state index contributed by atoms with van der Waals surface area (Å²) in [6.45, 7) is 1.54. The predicted octanol–water partition coefficient (Wildman–Crippen LogP) is -1.23. The molecule has 0 aromatic carbocycles. The zero-order valence-corrected chi connectivity index (χ0v) is 11.7. The second kappa shape index (κ2) is 5.44. The molecule has 2 fully saturated rings. The molecule has 8 nitrogen and oxygen atoms in total. The molecule has 114 valence electrons. The normalized spacial score (nSPS) is 29.5. The van der Waals surface area contributed by atoms with E-state index in [1.807, 2.05) is 0 Å². The highest BCUT2D eigenvalue weighted by atomic mass is 16.3. The highest BCUT2D eigenvalue weighted by Gasteiger charge is 2.50. The number of likely N-dealkylation sites (tertiary alicyclic amines) is 1. The lowest BCUT2D eigenvalue weighted by Gasteiger charge is -2.46. The summed E-state index contributed by atoms with van der Waals surface area (Å²) in [7, 11) is 0. The molecular formula is C13H19N5O3. The van der Waals surface area contributed by atoms with Crippen molar-refractivity contribution in [2.45, 2.75) is 31.9 Å². The molecule has 3 rings (SSSR count). The third-order valence-corrected chi connectivity index (χ3v) is 4.46. The largest absolute Gasteiger partial charge is 0.392 e. The predicted molar refractivity (Wildman–Crippen MR) is 71.9 cm³/mol. The number of hydrogen-bond acceptors (Lipinski definition) is 5. The Morgan fingerprint density at radius 3 is 2.95 bits per heavy atom. The standard InChI is InChI=1S/C13H19N5O3/c19-10-2-5-18(11(20)6-17-8-15-16-9-17)7-13(10)3-1-4-14-12(13)21/h8-10,19H,1-7H2,(H,14,21)/t10-,13-/m1/s1. The maximum atomic E-state index is 12.3. The van der Waals surface area contributed by atoms with E-state index in [2.05, 4.69) is 15.5 Å². The number of aliphatic hydroxyl groups is 1. The highest BCUT2D eigenvalue weighted by molar-refractivity contribution is 5.86. The van der Waals surface area contributed by atoms with Crippen LogP contribution in [0.4, 0.5) is 0 Å². The lowest BCUT2D eigenvalue weighted by Crippen LogP contribution is -2.62. The maximum Gasteiger partial charge on any atom is 0.242 e. The van der Waals surface area contributed by atoms with Crippen LogP contribution in [0, 0.1) is 5.41 Å². The number of carbonyl (C=O) groups excluding carboxylic acids is 2. The number of nitrogens with one attached hydrogen (secondary N) is 1. The number of carbonyl (C=O) groups is 2. The molecule has 1 spiro atoms. The van der Waals surface area contributed by atoms with Crippen molar-refractivity contribution in [3.8, 4) is 0 Å². The van der Waals surface area contributed by atoms with Gasteiger partial charge in [0, 0.05) is 19.6 Å². The fraction of sp³-hybridized carbons (Fsp3) is 0.692. The first-order valence-corrected chi connectivity index (χ1v) is 7.18. The number of nitrogens with zero attached hydrogens (tertiary/aromatic N) is 4. The first-order valence-electron chi connectivity index (χ1n) is 7.18. The van der Waals surface area contributed by atoms with Crippen LogP contribution in [-0.4, -0.2) is 62.3 Å². The topological polar surface area (TPSA) is 100 Å². The van der Waals surface area contributed by atoms with Crippen LogP contribution in [0.15, 0.2) is 12.7 Å². The van der Waals surface area contributed by atoms with Gasteiger partial charge in [0.25, 0.3) is 0 Å². The minimum atomic E-state index is -0.848. The van der Waals surface area contributed by atoms with Gasteiger partial charge in [-0.3, -0.25) is 9.59 Å². The molecule has 0 unspecified atom stereocenters. The van der Waals surface area contributed by atoms with Crippen molar-refractivity contribution in [3.05, 3.63) is 12.7 Å². The Morgan fingerprint density at radius 2 is 2.24 bits per heavy atom. The van der Waals surface area contributed by atoms with E-state index in [-0.39, 0.29) is 24.9 Å². The van der Waals surface area contributed by atoms with Gasteiger partial charge >= 0.3 is 0 Å². The average Bonchev–Trinajstić information content (AvgIpc) is 2.97. The molecule has 2 aliphatic rings. The molecule has 2 aliphatic heterocycles. The van der Waals surface area contributed by atoms with E-state index in [1.54, 1.807) is 9.47 Å². The van der Waals surface area contributed by atoms with Gasteiger partial charge in [0.05, 0.1) is 11.5 Å². The second-order valence-electron chi connectivity index (χ2n) is 5.77. The number of hydrogen-bond donors (Lipinski definition) is 2. The van der Waals surface area contributed by atoms with Crippen LogP contribution in [-0.2, 0) is 16.1 Å². The molecule has 21 heavy (non-hydrogen) atoms. The van der Waals surface area contributed by atoms with E-state index in [0.29, 0.717) is 25.9 Å². The third-order valence-electron chi connectivity index (χ3n) is 4.46. The van der Waals surface area contributed by atoms with E-state index in [9.17, 15) is 14.7 Å². The van der Waals surface area contributed by atoms with Gasteiger partial charge in [-0.05, 0) is 19.3 Å². The molecule has 2 N–H and O–H groups in total. The Morgan fingerprint density at radius 1 is 1.48 bits per heavy atom. The van der Waals surface area contributed by atoms with Crippen LogP contribution in [0.1, 0.15) is 19.3 Å². The smallest absolute Gasteiger partial charge is 0.242 e. The molecule has 2 amide bonds. The second-order valence-corrected chi connectivity index (χ2v) is 5.77. The lowest BCUT2D eigenvalue weighted by molar-refractivity contribution is -0.155. The molecule has 1 aromatic heterocycles. The van der Waals surface area contributed by atoms with Crippen molar-refractivity contribution in [1.82, 2.24) is 25.0 Å². The first-order chi connectivity index (χ1) is 10.1. The fourth-order valence-corrected chi connectivity index (χ4v) is 3.22. The van der Waals surface area contributed by atoms with Gasteiger partial charge in [0.1, 0.15) is 19.2 Å². The summed E-state index contributed by atoms with van der Waals surface area (Å²) in [5.74, 6) is -0.220. The van der Waals surface area contributed by atoms with Gasteiger partial charge in [-0.15, -0.1) is 10.2 Å². The summed E-state index contributed by atoms with van der Waals surface area (Å²) >= 11 is 0. The van der Waals surface area contributed by atoms with Crippen molar-refractivity contribution < 1.29 is 14.7 Å². The van der Waals surface area contributed by atoms with Crippen LogP contribution in [0.25, 0.3) is 0 Å². The number of aliphatic hydroxyl groups excluding tert-OH is 1. The molecule has 2 saturated heterocycles. The van der Waals surface area contributed by atoms with Crippen molar-refractivity contribution in [3.63, 3.8) is 0 Å². The number of piperidine rings is 2. The van der Waals surface area contributed by atoms with Crippen LogP contribution in [0.3, 0.4) is 0 Å². The molecule has 3 heterocycles. The van der Waals surface area contributed by atoms with E-state index < -0.39 is 11.5 Å². The number of aromatic nitrogens is 3. The Bertz CT molecular complexity index is 532. The zero-order chi connectivity index (χ0) is 14.9. The highest BCUT2D eigenvalue weighted by Crippen LogP contribution is 2.37. The summed E-state index contributed by atoms with van der Waals surface area (Å²) in [6, 6.07) is 0. The van der Waals surface area contributed by atoms with Gasteiger partial charge in [0.2, 0.25) is 11.8 Å². The van der Waals surface area contributed by atoms with E-state index in [0.717, 1.165) is 6.42 Å². The third kappa shape index (κ3) is 2.51. The minimum Gasteiger partial charge on any atom is -0.392 e. The van der Waals surface area contributed by atoms with Crippen molar-refractivity contribution >= 4 is 11.8 Å². The Labute approximate surface area is 122 Å². The summed E-state index contributed by atoms with van der Waals surface area (Å²) < 4.78 is 1.60. The van der Waals surface area contributed by atoms with Crippen molar-refractivity contribution in [1.29, 1.82) is 0 Å². The minimum absolute atomic E-state index is 0.0838. The van der Waals surface area contributed by atoms with E-state index in [1.165, 1.54) is 12.7 Å². The summed E-state index contributed by atoms with van der Waals surface area (Å²) in [4.78, 5) is 26.2. The van der Waals surface area contributed by atoms with Gasteiger partial charge < -0.3 is 19.9 Å². The molecule has 2 atom stereocenters. The Kier molecular flexibility index (Phi) is 3.62. The molecule has 0 radical (unpaired) electrons. The lowest BCUT2D eigenvalue weighted by atomic mass is 9.71. The molecule has 0 aliphatic carbocycles. The summed E-state index contributed by atoms with van der Waals surface area (Å²) in [5, 5.41) is 20.4. The van der Waals surface area contributed by atoms with Crippen LogP contribution in [0.2, 0.25) is 0 Å². The molecular weight excluding hydrogens is 274 g/mol.